The van der Waals surface area contributed by atoms with E-state index in [2.05, 4.69) is 0 Å². The number of halogens is 4. The molecule has 6 nitrogen and oxygen atoms in total. The van der Waals surface area contributed by atoms with Crippen molar-refractivity contribution in [2.45, 2.75) is 56.7 Å². The van der Waals surface area contributed by atoms with Crippen LogP contribution in [0.4, 0.5) is 13.2 Å². The minimum Gasteiger partial charge on any atom is -0.497 e. The molecule has 1 atom stereocenters. The molecule has 0 radical (unpaired) electrons. The Balaban J connectivity index is 1.30. The number of methoxy groups -OCH3 is 1. The second kappa shape index (κ2) is 10.8. The van der Waals surface area contributed by atoms with Crippen LogP contribution in [0.1, 0.15) is 60.0 Å². The zero-order valence-electron chi connectivity index (χ0n) is 21.1. The van der Waals surface area contributed by atoms with Crippen molar-refractivity contribution in [3.8, 4) is 5.75 Å². The van der Waals surface area contributed by atoms with E-state index in [1.807, 2.05) is 0 Å². The van der Waals surface area contributed by atoms with Crippen LogP contribution in [0.25, 0.3) is 0 Å². The van der Waals surface area contributed by atoms with Crippen molar-refractivity contribution in [2.75, 3.05) is 20.2 Å². The number of aliphatic hydroxyl groups is 1. The Bertz CT molecular complexity index is 1190. The van der Waals surface area contributed by atoms with E-state index in [0.717, 1.165) is 54.7 Å². The van der Waals surface area contributed by atoms with Gasteiger partial charge in [-0.25, -0.2) is 4.79 Å². The van der Waals surface area contributed by atoms with E-state index in [-0.39, 0.29) is 34.8 Å². The van der Waals surface area contributed by atoms with E-state index in [1.54, 1.807) is 12.1 Å². The molecule has 38 heavy (non-hydrogen) atoms. The van der Waals surface area contributed by atoms with Crippen LogP contribution in [0.3, 0.4) is 0 Å². The lowest BCUT2D eigenvalue weighted by Crippen LogP contribution is -2.58. The van der Waals surface area contributed by atoms with Crippen LogP contribution < -0.4 is 4.74 Å². The van der Waals surface area contributed by atoms with E-state index >= 15 is 0 Å². The van der Waals surface area contributed by atoms with Crippen molar-refractivity contribution in [3.63, 3.8) is 0 Å². The number of carboxylic acids is 1. The van der Waals surface area contributed by atoms with Crippen molar-refractivity contribution >= 4 is 23.5 Å². The largest absolute Gasteiger partial charge is 0.497 e. The van der Waals surface area contributed by atoms with Crippen molar-refractivity contribution in [3.05, 3.63) is 64.2 Å². The monoisotopic (exact) mass is 553 g/mol. The van der Waals surface area contributed by atoms with Crippen LogP contribution in [-0.2, 0) is 16.8 Å². The smallest absolute Gasteiger partial charge is 0.430 e. The molecule has 1 saturated heterocycles. The molecule has 2 aliphatic rings. The second-order valence-electron chi connectivity index (χ2n) is 10.5. The molecule has 2 aromatic rings. The molecule has 1 saturated carbocycles. The minimum absolute atomic E-state index is 0.0280. The summed E-state index contributed by atoms with van der Waals surface area (Å²) in [5, 5.41) is 20.1. The van der Waals surface area contributed by atoms with Crippen LogP contribution in [-0.4, -0.2) is 53.4 Å². The first-order valence-electron chi connectivity index (χ1n) is 12.6. The number of rotatable bonds is 8. The quantitative estimate of drug-likeness (QED) is 0.429. The van der Waals surface area contributed by atoms with Crippen LogP contribution in [0.15, 0.2) is 42.5 Å². The Hall–Kier alpha value is -2.78. The third kappa shape index (κ3) is 5.50. The highest BCUT2D eigenvalue weighted by Crippen LogP contribution is 2.54. The summed E-state index contributed by atoms with van der Waals surface area (Å²) >= 11 is 6.04. The molecule has 1 unspecified atom stereocenters. The van der Waals surface area contributed by atoms with Gasteiger partial charge in [-0.3, -0.25) is 4.79 Å². The number of amides is 1. The summed E-state index contributed by atoms with van der Waals surface area (Å²) in [6, 6.07) is 9.88. The number of piperidine rings is 1. The average Bonchev–Trinajstić information content (AvgIpc) is 2.86. The van der Waals surface area contributed by atoms with E-state index in [1.165, 1.54) is 25.3 Å². The molecule has 1 aliphatic carbocycles. The lowest BCUT2D eigenvalue weighted by atomic mass is 9.56. The number of hydrogen-bond donors (Lipinski definition) is 2. The first-order chi connectivity index (χ1) is 17.9. The van der Waals surface area contributed by atoms with Gasteiger partial charge < -0.3 is 19.8 Å². The normalized spacial score (nSPS) is 19.1. The molecule has 1 heterocycles. The summed E-state index contributed by atoms with van der Waals surface area (Å²) in [6.45, 7) is 0.338. The zero-order valence-corrected chi connectivity index (χ0v) is 21.8. The van der Waals surface area contributed by atoms with Gasteiger partial charge in [-0.1, -0.05) is 36.2 Å². The van der Waals surface area contributed by atoms with Gasteiger partial charge in [0.05, 0.1) is 17.7 Å². The lowest BCUT2D eigenvalue weighted by molar-refractivity contribution is -0.262. The summed E-state index contributed by atoms with van der Waals surface area (Å²) in [6.07, 6.45) is 0.651. The van der Waals surface area contributed by atoms with Crippen LogP contribution in [0.5, 0.6) is 5.75 Å². The fourth-order valence-corrected chi connectivity index (χ4v) is 6.21. The number of ether oxygens (including phenoxy) is 1. The highest BCUT2D eigenvalue weighted by atomic mass is 35.5. The molecule has 2 aromatic carbocycles. The topological polar surface area (TPSA) is 87.1 Å². The van der Waals surface area contributed by atoms with Gasteiger partial charge in [0.1, 0.15) is 5.75 Å². The van der Waals surface area contributed by atoms with Crippen molar-refractivity contribution in [1.82, 2.24) is 4.90 Å². The first kappa shape index (κ1) is 28.2. The zero-order chi connectivity index (χ0) is 27.7. The maximum Gasteiger partial charge on any atom is 0.430 e. The van der Waals surface area contributed by atoms with E-state index in [9.17, 15) is 27.9 Å². The summed E-state index contributed by atoms with van der Waals surface area (Å²) < 4.78 is 47.2. The van der Waals surface area contributed by atoms with E-state index < -0.39 is 29.2 Å². The molecular weight excluding hydrogens is 523 g/mol. The fourth-order valence-electron chi connectivity index (χ4n) is 5.93. The van der Waals surface area contributed by atoms with Crippen molar-refractivity contribution in [2.24, 2.45) is 11.3 Å². The molecule has 4 rings (SSSR count). The fraction of sp³-hybridized carbons (Fsp3) is 0.500. The second-order valence-corrected chi connectivity index (χ2v) is 10.9. The number of carboxylic acid groups (broad SMARTS) is 1. The number of carbonyl (C=O) groups excluding carboxylic acids is 1. The molecule has 1 amide bonds. The molecule has 10 heteroatoms. The average molecular weight is 554 g/mol. The van der Waals surface area contributed by atoms with Crippen LogP contribution in [0.2, 0.25) is 5.02 Å². The third-order valence-corrected chi connectivity index (χ3v) is 8.42. The first-order valence-corrected chi connectivity index (χ1v) is 13.0. The number of nitrogens with zero attached hydrogens (tertiary/aromatic N) is 1. The highest BCUT2D eigenvalue weighted by Gasteiger charge is 2.62. The lowest BCUT2D eigenvalue weighted by Gasteiger charge is -2.53. The van der Waals surface area contributed by atoms with Crippen molar-refractivity contribution < 1.29 is 37.7 Å². The van der Waals surface area contributed by atoms with Gasteiger partial charge in [0, 0.05) is 18.7 Å². The van der Waals surface area contributed by atoms with Gasteiger partial charge in [0.2, 0.25) is 0 Å². The van der Waals surface area contributed by atoms with Crippen molar-refractivity contribution in [1.29, 1.82) is 0 Å². The Morgan fingerprint density at radius 3 is 2.39 bits per heavy atom. The Kier molecular flexibility index (Phi) is 8.00. The molecule has 0 bridgehead atoms. The molecule has 2 N–H and O–H groups in total. The summed E-state index contributed by atoms with van der Waals surface area (Å²) in [4.78, 5) is 25.3. The van der Waals surface area contributed by atoms with E-state index in [4.69, 9.17) is 21.4 Å². The number of aryl methyl sites for hydroxylation is 1. The molecule has 2 fully saturated rings. The number of alkyl halides is 3. The number of hydrogen-bond acceptors (Lipinski definition) is 4. The molecule has 1 aliphatic heterocycles. The third-order valence-electron chi connectivity index (χ3n) is 8.10. The standard InChI is InChI=1S/C28H31ClF3NO5/c1-38-21-7-3-6-20(15-21)27(37,28(30,31)32)25(36)33-12-10-26(11-13-33)16-19(17-26)5-2-4-18-8-9-22(24(34)35)23(29)14-18/h3,6-9,14-15,19,37H,2,4-5,10-13,16-17H2,1H3,(H,34,35). The van der Waals surface area contributed by atoms with Gasteiger partial charge in [-0.2, -0.15) is 13.2 Å². The molecule has 0 aromatic heterocycles. The Morgan fingerprint density at radius 1 is 1.13 bits per heavy atom. The van der Waals surface area contributed by atoms with Gasteiger partial charge in [0.25, 0.3) is 11.5 Å². The van der Waals surface area contributed by atoms with E-state index in [0.29, 0.717) is 18.8 Å². The summed E-state index contributed by atoms with van der Waals surface area (Å²) in [5.74, 6) is -1.78. The highest BCUT2D eigenvalue weighted by molar-refractivity contribution is 6.33. The number of aromatic carboxylic acids is 1. The number of likely N-dealkylation sites (tertiary alicyclic amines) is 1. The van der Waals surface area contributed by atoms with Gasteiger partial charge in [-0.15, -0.1) is 0 Å². The SMILES string of the molecule is COc1cccc(C(O)(C(=O)N2CCC3(CC2)CC(CCCc2ccc(C(=O)O)c(Cl)c2)C3)C(F)(F)F)c1. The Labute approximate surface area is 224 Å². The predicted octanol–water partition coefficient (Wildman–Crippen LogP) is 5.84. The number of benzene rings is 2. The predicted molar refractivity (Wildman–Crippen MR) is 135 cm³/mol. The maximum atomic E-state index is 14.1. The number of carbonyl (C=O) groups is 2. The molecular formula is C28H31ClF3NO5. The summed E-state index contributed by atoms with van der Waals surface area (Å²) in [5.41, 5.74) is -3.11. The molecule has 1 spiro atoms. The van der Waals surface area contributed by atoms with Crippen LogP contribution in [0, 0.1) is 11.3 Å². The minimum atomic E-state index is -5.19. The van der Waals surface area contributed by atoms with Gasteiger partial charge in [-0.05, 0) is 79.7 Å². The Morgan fingerprint density at radius 2 is 1.82 bits per heavy atom. The van der Waals surface area contributed by atoms with Crippen LogP contribution >= 0.6 is 11.6 Å². The molecule has 206 valence electrons. The maximum absolute atomic E-state index is 14.1. The van der Waals surface area contributed by atoms with Gasteiger partial charge >= 0.3 is 12.1 Å². The van der Waals surface area contributed by atoms with Gasteiger partial charge in [0.15, 0.2) is 0 Å². The summed E-state index contributed by atoms with van der Waals surface area (Å²) in [7, 11) is 1.30.